The van der Waals surface area contributed by atoms with E-state index >= 15 is 0 Å². The molecule has 0 heterocycles. The van der Waals surface area contributed by atoms with Crippen LogP contribution in [0.3, 0.4) is 0 Å². The SMILES string of the molecule is C1CC1.CO[SiH](OC)OC.Nc1ccccc1. The summed E-state index contributed by atoms with van der Waals surface area (Å²) in [5.74, 6) is 0. The number of benzene rings is 1. The number of nitrogen functional groups attached to an aromatic ring is 1. The number of anilines is 1. The molecule has 17 heavy (non-hydrogen) atoms. The van der Waals surface area contributed by atoms with Crippen LogP contribution in [0.25, 0.3) is 0 Å². The van der Waals surface area contributed by atoms with E-state index in [1.165, 1.54) is 19.3 Å². The lowest BCUT2D eigenvalue weighted by Crippen LogP contribution is -2.21. The monoisotopic (exact) mass is 257 g/mol. The van der Waals surface area contributed by atoms with Gasteiger partial charge in [0.2, 0.25) is 0 Å². The van der Waals surface area contributed by atoms with Crippen molar-refractivity contribution in [3.63, 3.8) is 0 Å². The van der Waals surface area contributed by atoms with Crippen molar-refractivity contribution in [1.29, 1.82) is 0 Å². The molecule has 98 valence electrons. The average molecular weight is 257 g/mol. The maximum Gasteiger partial charge on any atom is 0.483 e. The summed E-state index contributed by atoms with van der Waals surface area (Å²) in [4.78, 5) is 0. The summed E-state index contributed by atoms with van der Waals surface area (Å²) in [6.07, 6.45) is 4.50. The van der Waals surface area contributed by atoms with Crippen molar-refractivity contribution in [2.75, 3.05) is 27.1 Å². The molecular weight excluding hydrogens is 234 g/mol. The van der Waals surface area contributed by atoms with E-state index in [0.717, 1.165) is 5.69 Å². The topological polar surface area (TPSA) is 53.7 Å². The summed E-state index contributed by atoms with van der Waals surface area (Å²) in [5, 5.41) is 0. The molecule has 0 aliphatic heterocycles. The normalized spacial score (nSPS) is 12.0. The Morgan fingerprint density at radius 2 is 1.29 bits per heavy atom. The minimum Gasteiger partial charge on any atom is -0.399 e. The largest absolute Gasteiger partial charge is 0.483 e. The molecule has 1 aliphatic carbocycles. The fourth-order valence-electron chi connectivity index (χ4n) is 0.742. The predicted molar refractivity (Wildman–Crippen MR) is 72.9 cm³/mol. The summed E-state index contributed by atoms with van der Waals surface area (Å²) in [5.41, 5.74) is 6.18. The van der Waals surface area contributed by atoms with Gasteiger partial charge in [0, 0.05) is 27.0 Å². The standard InChI is InChI=1S/C6H7N.C3H10O3Si.C3H6/c7-6-4-2-1-3-5-6;1-4-7(5-2)6-3;1-2-3-1/h1-5H,7H2;7H,1-3H3;1-3H2. The lowest BCUT2D eigenvalue weighted by molar-refractivity contribution is 0.163. The molecule has 0 bridgehead atoms. The Hall–Kier alpha value is -0.883. The van der Waals surface area contributed by atoms with Gasteiger partial charge in [-0.05, 0) is 12.1 Å². The van der Waals surface area contributed by atoms with E-state index in [1.54, 1.807) is 21.3 Å². The van der Waals surface area contributed by atoms with Crippen molar-refractivity contribution in [2.45, 2.75) is 19.3 Å². The average Bonchev–Trinajstić information content (AvgIpc) is 3.21. The van der Waals surface area contributed by atoms with Gasteiger partial charge in [0.25, 0.3) is 0 Å². The zero-order valence-corrected chi connectivity index (χ0v) is 12.0. The van der Waals surface area contributed by atoms with Crippen LogP contribution in [0.4, 0.5) is 5.69 Å². The highest BCUT2D eigenvalue weighted by atomic mass is 28.3. The third-order valence-electron chi connectivity index (χ3n) is 1.73. The fraction of sp³-hybridized carbons (Fsp3) is 0.500. The van der Waals surface area contributed by atoms with Crippen molar-refractivity contribution in [3.8, 4) is 0 Å². The highest BCUT2D eigenvalue weighted by Crippen LogP contribution is 2.14. The van der Waals surface area contributed by atoms with E-state index in [9.17, 15) is 0 Å². The van der Waals surface area contributed by atoms with Gasteiger partial charge in [-0.15, -0.1) is 0 Å². The van der Waals surface area contributed by atoms with Crippen LogP contribution in [-0.4, -0.2) is 30.9 Å². The minimum atomic E-state index is -1.67. The van der Waals surface area contributed by atoms with Gasteiger partial charge in [0.15, 0.2) is 0 Å². The molecular formula is C12H23NO3Si. The smallest absolute Gasteiger partial charge is 0.399 e. The van der Waals surface area contributed by atoms with E-state index < -0.39 is 9.53 Å². The van der Waals surface area contributed by atoms with Crippen LogP contribution in [0, 0.1) is 0 Å². The molecule has 5 heteroatoms. The van der Waals surface area contributed by atoms with Crippen molar-refractivity contribution < 1.29 is 13.3 Å². The molecule has 0 atom stereocenters. The summed E-state index contributed by atoms with van der Waals surface area (Å²) < 4.78 is 14.2. The maximum atomic E-state index is 5.36. The van der Waals surface area contributed by atoms with Crippen LogP contribution >= 0.6 is 0 Å². The van der Waals surface area contributed by atoms with Crippen LogP contribution in [0.2, 0.25) is 0 Å². The molecule has 0 unspecified atom stereocenters. The summed E-state index contributed by atoms with van der Waals surface area (Å²) in [7, 11) is 3.05. The Balaban J connectivity index is 0.000000242. The zero-order valence-electron chi connectivity index (χ0n) is 10.9. The molecule has 0 saturated heterocycles. The Bertz CT molecular complexity index is 245. The van der Waals surface area contributed by atoms with Gasteiger partial charge in [0.05, 0.1) is 0 Å². The highest BCUT2D eigenvalue weighted by Gasteiger charge is 2.04. The summed E-state index contributed by atoms with van der Waals surface area (Å²) in [6, 6.07) is 9.49. The molecule has 1 saturated carbocycles. The van der Waals surface area contributed by atoms with Crippen molar-refractivity contribution in [2.24, 2.45) is 0 Å². The Kier molecular flexibility index (Phi) is 11.0. The molecule has 1 aromatic rings. The van der Waals surface area contributed by atoms with Crippen LogP contribution < -0.4 is 5.73 Å². The van der Waals surface area contributed by atoms with E-state index in [1.807, 2.05) is 30.3 Å². The van der Waals surface area contributed by atoms with Crippen LogP contribution in [0.1, 0.15) is 19.3 Å². The molecule has 0 amide bonds. The lowest BCUT2D eigenvalue weighted by atomic mass is 10.3. The second kappa shape index (κ2) is 11.6. The van der Waals surface area contributed by atoms with Gasteiger partial charge >= 0.3 is 9.53 Å². The van der Waals surface area contributed by atoms with Crippen LogP contribution in [-0.2, 0) is 13.3 Å². The number of hydrogen-bond acceptors (Lipinski definition) is 4. The molecule has 1 aromatic carbocycles. The van der Waals surface area contributed by atoms with E-state index in [2.05, 4.69) is 0 Å². The molecule has 2 rings (SSSR count). The first-order valence-corrected chi connectivity index (χ1v) is 7.05. The van der Waals surface area contributed by atoms with E-state index in [0.29, 0.717) is 0 Å². The summed E-state index contributed by atoms with van der Waals surface area (Å²) in [6.45, 7) is 0. The number of rotatable bonds is 3. The Labute approximate surface area is 106 Å². The third-order valence-corrected chi connectivity index (χ3v) is 2.89. The number of hydrogen-bond donors (Lipinski definition) is 1. The molecule has 2 N–H and O–H groups in total. The predicted octanol–water partition coefficient (Wildman–Crippen LogP) is 2.08. The second-order valence-corrected chi connectivity index (χ2v) is 5.46. The molecule has 1 aliphatic rings. The molecule has 0 spiro atoms. The van der Waals surface area contributed by atoms with Crippen molar-refractivity contribution in [1.82, 2.24) is 0 Å². The van der Waals surface area contributed by atoms with Gasteiger partial charge in [-0.25, -0.2) is 0 Å². The minimum absolute atomic E-state index is 0.822. The van der Waals surface area contributed by atoms with Gasteiger partial charge in [-0.1, -0.05) is 37.5 Å². The first-order chi connectivity index (χ1) is 8.24. The Morgan fingerprint density at radius 3 is 1.41 bits per heavy atom. The quantitative estimate of drug-likeness (QED) is 0.665. The summed E-state index contributed by atoms with van der Waals surface area (Å²) >= 11 is 0. The third kappa shape index (κ3) is 13.1. The zero-order chi connectivity index (χ0) is 12.9. The lowest BCUT2D eigenvalue weighted by Gasteiger charge is -2.05. The first-order valence-electron chi connectivity index (χ1n) is 5.63. The van der Waals surface area contributed by atoms with Crippen LogP contribution in [0.15, 0.2) is 30.3 Å². The van der Waals surface area contributed by atoms with E-state index in [-0.39, 0.29) is 0 Å². The second-order valence-electron chi connectivity index (χ2n) is 3.47. The van der Waals surface area contributed by atoms with Crippen molar-refractivity contribution in [3.05, 3.63) is 30.3 Å². The number of nitrogens with two attached hydrogens (primary N) is 1. The van der Waals surface area contributed by atoms with Gasteiger partial charge < -0.3 is 19.0 Å². The maximum absolute atomic E-state index is 5.36. The van der Waals surface area contributed by atoms with E-state index in [4.69, 9.17) is 19.0 Å². The van der Waals surface area contributed by atoms with Crippen LogP contribution in [0.5, 0.6) is 0 Å². The first kappa shape index (κ1) is 16.1. The molecule has 4 nitrogen and oxygen atoms in total. The fourth-order valence-corrected chi connectivity index (χ4v) is 1.32. The van der Waals surface area contributed by atoms with Gasteiger partial charge in [0.1, 0.15) is 0 Å². The molecule has 0 radical (unpaired) electrons. The highest BCUT2D eigenvalue weighted by molar-refractivity contribution is 6.36. The number of para-hydroxylation sites is 1. The molecule has 0 aromatic heterocycles. The van der Waals surface area contributed by atoms with Gasteiger partial charge in [-0.3, -0.25) is 0 Å². The van der Waals surface area contributed by atoms with Gasteiger partial charge in [-0.2, -0.15) is 0 Å². The Morgan fingerprint density at radius 1 is 0.882 bits per heavy atom. The van der Waals surface area contributed by atoms with Crippen molar-refractivity contribution >= 4 is 15.2 Å². The molecule has 1 fully saturated rings.